The number of benzene rings is 1. The van der Waals surface area contributed by atoms with Crippen LogP contribution >= 0.6 is 0 Å². The molecule has 3 heteroatoms. The maximum atomic E-state index is 9.65. The number of phenolic OH excluding ortho intramolecular Hbond substituents is 1. The fraction of sp³-hybridized carbons (Fsp3) is 0.625. The highest BCUT2D eigenvalue weighted by Crippen LogP contribution is 2.27. The average molecular weight is 265 g/mol. The highest BCUT2D eigenvalue weighted by molar-refractivity contribution is 5.41. The zero-order chi connectivity index (χ0) is 14.5. The highest BCUT2D eigenvalue weighted by atomic mass is 16.5. The lowest BCUT2D eigenvalue weighted by molar-refractivity contribution is 0.238. The Labute approximate surface area is 117 Å². The molecule has 0 bridgehead atoms. The van der Waals surface area contributed by atoms with Gasteiger partial charge in [-0.2, -0.15) is 0 Å². The lowest BCUT2D eigenvalue weighted by atomic mass is 9.81. The van der Waals surface area contributed by atoms with Crippen LogP contribution in [0.25, 0.3) is 0 Å². The summed E-state index contributed by atoms with van der Waals surface area (Å²) >= 11 is 0. The first-order valence-corrected chi connectivity index (χ1v) is 7.02. The molecule has 0 spiro atoms. The second kappa shape index (κ2) is 6.80. The van der Waals surface area contributed by atoms with Crippen molar-refractivity contribution >= 4 is 0 Å². The van der Waals surface area contributed by atoms with E-state index in [1.807, 2.05) is 19.1 Å². The Morgan fingerprint density at radius 2 is 2.00 bits per heavy atom. The lowest BCUT2D eigenvalue weighted by Gasteiger charge is -2.29. The van der Waals surface area contributed by atoms with Gasteiger partial charge in [-0.15, -0.1) is 0 Å². The van der Waals surface area contributed by atoms with Crippen molar-refractivity contribution in [2.75, 3.05) is 13.2 Å². The third-order valence-electron chi connectivity index (χ3n) is 3.80. The summed E-state index contributed by atoms with van der Waals surface area (Å²) < 4.78 is 5.38. The Bertz CT molecular complexity index is 400. The molecule has 108 valence electrons. The maximum Gasteiger partial charge on any atom is 0.161 e. The lowest BCUT2D eigenvalue weighted by Crippen LogP contribution is -2.33. The number of hydrogen-bond donors (Lipinski definition) is 2. The van der Waals surface area contributed by atoms with Crippen LogP contribution in [-0.4, -0.2) is 18.3 Å². The van der Waals surface area contributed by atoms with Gasteiger partial charge in [-0.25, -0.2) is 0 Å². The van der Waals surface area contributed by atoms with E-state index in [9.17, 15) is 5.11 Å². The first-order chi connectivity index (χ1) is 8.86. The molecule has 19 heavy (non-hydrogen) atoms. The molecule has 0 amide bonds. The minimum absolute atomic E-state index is 0.202. The summed E-state index contributed by atoms with van der Waals surface area (Å²) in [6, 6.07) is 5.51. The average Bonchev–Trinajstić information content (AvgIpc) is 2.33. The molecular weight excluding hydrogens is 238 g/mol. The summed E-state index contributed by atoms with van der Waals surface area (Å²) in [5.41, 5.74) is 1.40. The predicted octanol–water partition coefficient (Wildman–Crippen LogP) is 3.56. The van der Waals surface area contributed by atoms with Crippen LogP contribution in [0.1, 0.15) is 40.2 Å². The van der Waals surface area contributed by atoms with Crippen molar-refractivity contribution in [2.24, 2.45) is 11.3 Å². The van der Waals surface area contributed by atoms with E-state index < -0.39 is 0 Å². The van der Waals surface area contributed by atoms with Gasteiger partial charge >= 0.3 is 0 Å². The van der Waals surface area contributed by atoms with E-state index in [-0.39, 0.29) is 11.2 Å². The first-order valence-electron chi connectivity index (χ1n) is 7.02. The quantitative estimate of drug-likeness (QED) is 0.792. The number of aromatic hydroxyl groups is 1. The summed E-state index contributed by atoms with van der Waals surface area (Å²) in [7, 11) is 0. The Balaban J connectivity index is 2.56. The monoisotopic (exact) mass is 265 g/mol. The molecule has 1 aromatic rings. The minimum atomic E-state index is 0.202. The summed E-state index contributed by atoms with van der Waals surface area (Å²) in [5.74, 6) is 1.40. The summed E-state index contributed by atoms with van der Waals surface area (Å²) in [5, 5.41) is 13.1. The first kappa shape index (κ1) is 15.8. The van der Waals surface area contributed by atoms with Crippen molar-refractivity contribution in [3.63, 3.8) is 0 Å². The number of nitrogens with one attached hydrogen (secondary N) is 1. The Morgan fingerprint density at radius 1 is 1.32 bits per heavy atom. The van der Waals surface area contributed by atoms with Crippen molar-refractivity contribution in [1.82, 2.24) is 5.32 Å². The van der Waals surface area contributed by atoms with E-state index in [4.69, 9.17) is 4.74 Å². The maximum absolute atomic E-state index is 9.65. The smallest absolute Gasteiger partial charge is 0.161 e. The summed E-state index contributed by atoms with van der Waals surface area (Å²) in [6.45, 7) is 13.3. The molecule has 1 rings (SSSR count). The zero-order valence-electron chi connectivity index (χ0n) is 12.8. The number of phenols is 1. The van der Waals surface area contributed by atoms with Crippen molar-refractivity contribution in [3.05, 3.63) is 23.8 Å². The molecule has 0 aliphatic heterocycles. The van der Waals surface area contributed by atoms with Crippen LogP contribution in [0, 0.1) is 11.3 Å². The van der Waals surface area contributed by atoms with Gasteiger partial charge in [0.2, 0.25) is 0 Å². The predicted molar refractivity (Wildman–Crippen MR) is 79.6 cm³/mol. The van der Waals surface area contributed by atoms with Crippen molar-refractivity contribution in [3.8, 4) is 11.5 Å². The molecule has 0 aromatic heterocycles. The van der Waals surface area contributed by atoms with Gasteiger partial charge in [-0.3, -0.25) is 0 Å². The molecule has 0 saturated heterocycles. The van der Waals surface area contributed by atoms with Gasteiger partial charge in [0.25, 0.3) is 0 Å². The minimum Gasteiger partial charge on any atom is -0.504 e. The van der Waals surface area contributed by atoms with E-state index in [1.165, 1.54) is 0 Å². The Hall–Kier alpha value is -1.22. The molecule has 0 aliphatic carbocycles. The van der Waals surface area contributed by atoms with Crippen LogP contribution in [0.15, 0.2) is 18.2 Å². The van der Waals surface area contributed by atoms with Gasteiger partial charge < -0.3 is 15.2 Å². The van der Waals surface area contributed by atoms with Crippen molar-refractivity contribution < 1.29 is 9.84 Å². The second-order valence-corrected chi connectivity index (χ2v) is 5.98. The molecule has 3 nitrogen and oxygen atoms in total. The van der Waals surface area contributed by atoms with Gasteiger partial charge in [0.15, 0.2) is 11.5 Å². The molecule has 0 heterocycles. The molecule has 1 aromatic carbocycles. The fourth-order valence-corrected chi connectivity index (χ4v) is 1.67. The zero-order valence-corrected chi connectivity index (χ0v) is 12.8. The molecule has 0 fully saturated rings. The van der Waals surface area contributed by atoms with Crippen LogP contribution < -0.4 is 10.1 Å². The third kappa shape index (κ3) is 4.75. The van der Waals surface area contributed by atoms with Crippen molar-refractivity contribution in [2.45, 2.75) is 41.2 Å². The van der Waals surface area contributed by atoms with Gasteiger partial charge in [0, 0.05) is 13.1 Å². The summed E-state index contributed by atoms with van der Waals surface area (Å²) in [6.07, 6.45) is 0. The van der Waals surface area contributed by atoms with Gasteiger partial charge in [-0.05, 0) is 36.0 Å². The van der Waals surface area contributed by atoms with Crippen LogP contribution in [0.5, 0.6) is 11.5 Å². The highest BCUT2D eigenvalue weighted by Gasteiger charge is 2.21. The van der Waals surface area contributed by atoms with Crippen molar-refractivity contribution in [1.29, 1.82) is 0 Å². The van der Waals surface area contributed by atoms with Crippen LogP contribution in [0.2, 0.25) is 0 Å². The van der Waals surface area contributed by atoms with E-state index in [2.05, 4.69) is 33.0 Å². The SMILES string of the molecule is CCOc1cc(CNCC(C)(C)C(C)C)ccc1O. The number of ether oxygens (including phenoxy) is 1. The van der Waals surface area contributed by atoms with E-state index in [1.54, 1.807) is 6.07 Å². The van der Waals surface area contributed by atoms with E-state index >= 15 is 0 Å². The van der Waals surface area contributed by atoms with Crippen LogP contribution in [-0.2, 0) is 6.54 Å². The Kier molecular flexibility index (Phi) is 5.67. The molecule has 0 aliphatic rings. The number of hydrogen-bond acceptors (Lipinski definition) is 3. The topological polar surface area (TPSA) is 41.5 Å². The fourth-order valence-electron chi connectivity index (χ4n) is 1.67. The second-order valence-electron chi connectivity index (χ2n) is 5.98. The van der Waals surface area contributed by atoms with Crippen LogP contribution in [0.3, 0.4) is 0 Å². The Morgan fingerprint density at radius 3 is 2.58 bits per heavy atom. The van der Waals surface area contributed by atoms with Crippen LogP contribution in [0.4, 0.5) is 0 Å². The van der Waals surface area contributed by atoms with Gasteiger partial charge in [0.05, 0.1) is 6.61 Å². The molecule has 0 atom stereocenters. The van der Waals surface area contributed by atoms with Gasteiger partial charge in [-0.1, -0.05) is 33.8 Å². The van der Waals surface area contributed by atoms with E-state index in [0.29, 0.717) is 18.3 Å². The normalized spacial score (nSPS) is 11.9. The van der Waals surface area contributed by atoms with Gasteiger partial charge in [0.1, 0.15) is 0 Å². The largest absolute Gasteiger partial charge is 0.504 e. The number of rotatable bonds is 7. The molecular formula is C16H27NO2. The summed E-state index contributed by atoms with van der Waals surface area (Å²) in [4.78, 5) is 0. The molecule has 0 unspecified atom stereocenters. The molecule has 0 saturated carbocycles. The standard InChI is InChI=1S/C16H27NO2/c1-6-19-15-9-13(7-8-14(15)18)10-17-11-16(4,5)12(2)3/h7-9,12,17-18H,6,10-11H2,1-5H3. The molecule has 0 radical (unpaired) electrons. The molecule has 2 N–H and O–H groups in total. The third-order valence-corrected chi connectivity index (χ3v) is 3.80. The van der Waals surface area contributed by atoms with E-state index in [0.717, 1.165) is 18.7 Å².